The molecule has 0 radical (unpaired) electrons. The summed E-state index contributed by atoms with van der Waals surface area (Å²) in [5.41, 5.74) is -0.227. The van der Waals surface area contributed by atoms with E-state index in [4.69, 9.17) is 36.9 Å². The molecule has 0 atom stereocenters. The molecule has 1 amide bonds. The molecule has 3 rings (SSSR count). The third-order valence-electron chi connectivity index (χ3n) is 6.96. The van der Waals surface area contributed by atoms with Crippen molar-refractivity contribution in [1.82, 2.24) is 4.90 Å². The number of nitrogens with zero attached hydrogens (tertiary/aromatic N) is 2. The van der Waals surface area contributed by atoms with Crippen molar-refractivity contribution in [1.29, 1.82) is 0 Å². The first kappa shape index (κ1) is 25.7. The number of ether oxygens (including phenoxy) is 2. The number of rotatable bonds is 10. The zero-order valence-electron chi connectivity index (χ0n) is 25.6. The lowest BCUT2D eigenvalue weighted by molar-refractivity contribution is -0.195. The van der Waals surface area contributed by atoms with Crippen molar-refractivity contribution in [2.75, 3.05) is 20.2 Å². The second-order valence-electron chi connectivity index (χ2n) is 10.7. The van der Waals surface area contributed by atoms with Crippen molar-refractivity contribution in [2.45, 2.75) is 59.1 Å². The lowest BCUT2D eigenvalue weighted by Crippen LogP contribution is -2.74. The monoisotopic (exact) mass is 553 g/mol. The summed E-state index contributed by atoms with van der Waals surface area (Å²) in [6, 6.07) is 10.7. The summed E-state index contributed by atoms with van der Waals surface area (Å²) in [4.78, 5) is 28.5. The number of halogens is 1. The van der Waals surface area contributed by atoms with Gasteiger partial charge in [0.05, 0.1) is 11.6 Å². The molecule has 1 N–H and O–H groups in total. The summed E-state index contributed by atoms with van der Waals surface area (Å²) in [5.74, 6) is 4.93. The fourth-order valence-electron chi connectivity index (χ4n) is 5.56. The number of carboxylic acids is 1. The van der Waals surface area contributed by atoms with E-state index in [1.807, 2.05) is 27.7 Å². The normalized spacial score (nSPS) is 20.1. The topological polar surface area (TPSA) is 80.4 Å². The van der Waals surface area contributed by atoms with Crippen LogP contribution in [0.2, 0.25) is 5.02 Å². The number of carbonyl (C=O) groups is 2. The predicted molar refractivity (Wildman–Crippen MR) is 151 cm³/mol. The molecule has 1 aliphatic rings. The molecule has 0 aliphatic heterocycles. The molecule has 0 spiro atoms. The molecule has 206 valence electrons. The van der Waals surface area contributed by atoms with E-state index in [0.29, 0.717) is 36.4 Å². The maximum Gasteiger partial charge on any atom is 0.329 e. The van der Waals surface area contributed by atoms with Crippen molar-refractivity contribution in [3.63, 3.8) is 0 Å². The number of carbonyl (C=O) groups excluding carboxylic acids is 1. The van der Waals surface area contributed by atoms with E-state index in [1.54, 1.807) is 42.5 Å². The van der Waals surface area contributed by atoms with Gasteiger partial charge in [0.15, 0.2) is 0 Å². The van der Waals surface area contributed by atoms with Gasteiger partial charge in [0, 0.05) is 52.1 Å². The Morgan fingerprint density at radius 2 is 1.85 bits per heavy atom. The summed E-state index contributed by atoms with van der Waals surface area (Å²) < 4.78 is 36.1. The Hall–Kier alpha value is -3.52. The molecule has 0 bridgehead atoms. The first-order valence-electron chi connectivity index (χ1n) is 14.2. The van der Waals surface area contributed by atoms with Crippen LogP contribution in [0.5, 0.6) is 5.75 Å². The van der Waals surface area contributed by atoms with Crippen LogP contribution in [0, 0.1) is 29.2 Å². The average molecular weight is 554 g/mol. The van der Waals surface area contributed by atoms with Crippen LogP contribution >= 0.6 is 11.6 Å². The zero-order chi connectivity index (χ0) is 31.3. The van der Waals surface area contributed by atoms with Crippen molar-refractivity contribution >= 4 is 29.2 Å². The minimum atomic E-state index is -2.70. The van der Waals surface area contributed by atoms with Crippen LogP contribution in [0.1, 0.15) is 67.0 Å². The third kappa shape index (κ3) is 6.92. The Morgan fingerprint density at radius 1 is 1.15 bits per heavy atom. The van der Waals surface area contributed by atoms with Gasteiger partial charge in [-0.3, -0.25) is 4.79 Å². The fourth-order valence-corrected chi connectivity index (χ4v) is 5.77. The first-order chi connectivity index (χ1) is 19.6. The van der Waals surface area contributed by atoms with Gasteiger partial charge in [-0.15, -0.1) is 0 Å². The number of amides is 1. The van der Waals surface area contributed by atoms with Gasteiger partial charge < -0.3 is 19.5 Å². The first-order valence-corrected chi connectivity index (χ1v) is 13.0. The maximum atomic E-state index is 13.7. The van der Waals surface area contributed by atoms with Gasteiger partial charge >= 0.3 is 5.97 Å². The van der Waals surface area contributed by atoms with E-state index in [1.165, 1.54) is 0 Å². The Balaban J connectivity index is 1.72. The minimum absolute atomic E-state index is 0.240. The van der Waals surface area contributed by atoms with E-state index in [9.17, 15) is 9.59 Å². The van der Waals surface area contributed by atoms with Crippen LogP contribution in [-0.2, 0) is 9.53 Å². The van der Waals surface area contributed by atoms with E-state index in [-0.39, 0.29) is 17.2 Å². The third-order valence-corrected chi connectivity index (χ3v) is 7.26. The molecule has 39 heavy (non-hydrogen) atoms. The van der Waals surface area contributed by atoms with Gasteiger partial charge in [-0.05, 0) is 49.2 Å². The van der Waals surface area contributed by atoms with E-state index >= 15 is 0 Å². The molecule has 7 nitrogen and oxygen atoms in total. The quantitative estimate of drug-likeness (QED) is 0.207. The minimum Gasteiger partial charge on any atom is -0.489 e. The highest BCUT2D eigenvalue weighted by Gasteiger charge is 2.65. The summed E-state index contributed by atoms with van der Waals surface area (Å²) in [5, 5.41) is 8.83. The second-order valence-corrected chi connectivity index (χ2v) is 11.1. The van der Waals surface area contributed by atoms with Gasteiger partial charge in [0.2, 0.25) is 5.69 Å². The Labute approximate surface area is 240 Å². The number of aliphatic carboxylic acids is 1. The van der Waals surface area contributed by atoms with Crippen molar-refractivity contribution in [2.24, 2.45) is 10.8 Å². The van der Waals surface area contributed by atoms with Crippen LogP contribution in [0.15, 0.2) is 42.5 Å². The molecule has 2 aromatic carbocycles. The molecular formula is C31H35ClN2O5. The molecule has 1 fully saturated rings. The molecule has 1 aliphatic carbocycles. The van der Waals surface area contributed by atoms with E-state index in [0.717, 1.165) is 11.3 Å². The van der Waals surface area contributed by atoms with Crippen LogP contribution in [-0.4, -0.2) is 54.2 Å². The number of hydrogen-bond acceptors (Lipinski definition) is 4. The molecular weight excluding hydrogens is 516 g/mol. The average Bonchev–Trinajstić information content (AvgIpc) is 2.90. The zero-order valence-corrected chi connectivity index (χ0v) is 23.3. The van der Waals surface area contributed by atoms with Crippen molar-refractivity contribution in [3.8, 4) is 17.6 Å². The SMILES string of the molecule is [2H]C([2H])([2H])N(C(=O)c1ccc(C#CCCCCOCC(=O)O)cc1)C1C(C)(C)C(Oc2ccc([N+]#[C-])c(Cl)c2)C1(C)C. The van der Waals surface area contributed by atoms with Crippen molar-refractivity contribution < 1.29 is 28.3 Å². The second kappa shape index (κ2) is 12.6. The van der Waals surface area contributed by atoms with Gasteiger partial charge in [0.25, 0.3) is 5.91 Å². The number of benzene rings is 2. The summed E-state index contributed by atoms with van der Waals surface area (Å²) in [6.07, 6.45) is 1.62. The molecule has 0 unspecified atom stereocenters. The Kier molecular flexibility index (Phi) is 8.29. The molecule has 0 aromatic heterocycles. The molecule has 2 aromatic rings. The Morgan fingerprint density at radius 3 is 2.44 bits per heavy atom. The molecule has 0 heterocycles. The van der Waals surface area contributed by atoms with E-state index < -0.39 is 41.8 Å². The number of unbranched alkanes of at least 4 members (excludes halogenated alkanes) is 2. The lowest BCUT2D eigenvalue weighted by atomic mass is 9.49. The maximum absolute atomic E-state index is 13.7. The van der Waals surface area contributed by atoms with Gasteiger partial charge in [-0.2, -0.15) is 0 Å². The lowest BCUT2D eigenvalue weighted by Gasteiger charge is -2.65. The van der Waals surface area contributed by atoms with Crippen LogP contribution in [0.3, 0.4) is 0 Å². The molecule has 0 saturated heterocycles. The number of hydrogen-bond donors (Lipinski definition) is 1. The standard InChI is InChI=1S/C31H35ClN2O5/c1-30(2)28(31(3,4)29(30)39-23-16-17-25(33-5)24(32)19-23)34(6)27(37)22-14-12-21(13-15-22)11-9-7-8-10-18-38-20-26(35)36/h12-17,19,28-29H,7-8,10,18,20H2,1-4,6H3,(H,35,36)/i6D3. The van der Waals surface area contributed by atoms with Gasteiger partial charge in [-0.25, -0.2) is 9.64 Å². The number of carboxylic acid groups (broad SMARTS) is 1. The van der Waals surface area contributed by atoms with Gasteiger partial charge in [-0.1, -0.05) is 57.2 Å². The van der Waals surface area contributed by atoms with Crippen LogP contribution < -0.4 is 4.74 Å². The summed E-state index contributed by atoms with van der Waals surface area (Å²) >= 11 is 6.19. The Bertz CT molecular complexity index is 1390. The highest BCUT2D eigenvalue weighted by molar-refractivity contribution is 6.33. The fraction of sp³-hybridized carbons (Fsp3) is 0.452. The van der Waals surface area contributed by atoms with Crippen LogP contribution in [0.25, 0.3) is 4.85 Å². The largest absolute Gasteiger partial charge is 0.489 e. The smallest absolute Gasteiger partial charge is 0.329 e. The predicted octanol–water partition coefficient (Wildman–Crippen LogP) is 6.47. The highest BCUT2D eigenvalue weighted by Crippen LogP contribution is 2.58. The van der Waals surface area contributed by atoms with Crippen molar-refractivity contribution in [3.05, 3.63) is 70.0 Å². The van der Waals surface area contributed by atoms with Crippen LogP contribution in [0.4, 0.5) is 5.69 Å². The molecule has 8 heteroatoms. The summed E-state index contributed by atoms with van der Waals surface area (Å²) in [6.45, 7) is 12.1. The van der Waals surface area contributed by atoms with Gasteiger partial charge in [0.1, 0.15) is 18.5 Å². The highest BCUT2D eigenvalue weighted by atomic mass is 35.5. The summed E-state index contributed by atoms with van der Waals surface area (Å²) in [7, 11) is 0. The van der Waals surface area contributed by atoms with E-state index in [2.05, 4.69) is 16.7 Å². The molecule has 1 saturated carbocycles.